The molecule has 0 spiro atoms. The topological polar surface area (TPSA) is 75.4 Å². The summed E-state index contributed by atoms with van der Waals surface area (Å²) in [7, 11) is -3.49. The summed E-state index contributed by atoms with van der Waals surface area (Å²) in [6, 6.07) is 0. The Morgan fingerprint density at radius 2 is 1.78 bits per heavy atom. The van der Waals surface area contributed by atoms with Gasteiger partial charge in [-0.2, -0.15) is 17.4 Å². The molecule has 0 aliphatic carbocycles. The third-order valence-corrected chi connectivity index (χ3v) is 5.74. The SMILES string of the molecule is CCC(CC)(NS(=O)(=O)N1CCCCC1)C(N)=S. The summed E-state index contributed by atoms with van der Waals surface area (Å²) in [6.45, 7) is 4.94. The molecule has 18 heavy (non-hydrogen) atoms. The van der Waals surface area contributed by atoms with Crippen LogP contribution in [-0.4, -0.2) is 36.3 Å². The minimum Gasteiger partial charge on any atom is -0.392 e. The predicted molar refractivity (Wildman–Crippen MR) is 77.6 cm³/mol. The number of hydrogen-bond acceptors (Lipinski definition) is 3. The molecule has 0 amide bonds. The molecule has 1 heterocycles. The van der Waals surface area contributed by atoms with E-state index in [4.69, 9.17) is 18.0 Å². The molecule has 106 valence electrons. The highest BCUT2D eigenvalue weighted by molar-refractivity contribution is 7.87. The molecule has 0 aromatic heterocycles. The van der Waals surface area contributed by atoms with Gasteiger partial charge in [-0.15, -0.1) is 0 Å². The first-order valence-corrected chi connectivity index (χ1v) is 8.31. The van der Waals surface area contributed by atoms with Crippen LogP contribution in [0.3, 0.4) is 0 Å². The molecule has 0 aromatic carbocycles. The number of thiocarbonyl (C=S) groups is 1. The molecular formula is C11H23N3O2S2. The molecule has 1 aliphatic heterocycles. The molecule has 3 N–H and O–H groups in total. The quantitative estimate of drug-likeness (QED) is 0.720. The monoisotopic (exact) mass is 293 g/mol. The highest BCUT2D eigenvalue weighted by atomic mass is 32.2. The van der Waals surface area contributed by atoms with Gasteiger partial charge in [-0.1, -0.05) is 32.5 Å². The number of rotatable bonds is 6. The second-order valence-corrected chi connectivity index (χ2v) is 6.83. The summed E-state index contributed by atoms with van der Waals surface area (Å²) in [5, 5.41) is 0. The van der Waals surface area contributed by atoms with Crippen LogP contribution in [0.2, 0.25) is 0 Å². The van der Waals surface area contributed by atoms with Crippen molar-refractivity contribution >= 4 is 27.4 Å². The van der Waals surface area contributed by atoms with Crippen LogP contribution >= 0.6 is 12.2 Å². The van der Waals surface area contributed by atoms with E-state index in [0.29, 0.717) is 25.9 Å². The summed E-state index contributed by atoms with van der Waals surface area (Å²) < 4.78 is 28.8. The van der Waals surface area contributed by atoms with Crippen LogP contribution in [-0.2, 0) is 10.2 Å². The summed E-state index contributed by atoms with van der Waals surface area (Å²) in [6.07, 6.45) is 4.05. The van der Waals surface area contributed by atoms with E-state index >= 15 is 0 Å². The third kappa shape index (κ3) is 3.40. The minimum atomic E-state index is -3.49. The molecule has 0 bridgehead atoms. The third-order valence-electron chi connectivity index (χ3n) is 3.66. The van der Waals surface area contributed by atoms with E-state index in [-0.39, 0.29) is 4.99 Å². The first-order chi connectivity index (χ1) is 8.38. The fourth-order valence-electron chi connectivity index (χ4n) is 2.21. The predicted octanol–water partition coefficient (Wildman–Crippen LogP) is 1.15. The maximum atomic E-state index is 12.3. The average molecular weight is 293 g/mol. The summed E-state index contributed by atoms with van der Waals surface area (Å²) in [4.78, 5) is 0.216. The van der Waals surface area contributed by atoms with Crippen molar-refractivity contribution in [1.29, 1.82) is 0 Å². The fraction of sp³-hybridized carbons (Fsp3) is 0.909. The van der Waals surface area contributed by atoms with E-state index < -0.39 is 15.7 Å². The molecule has 1 aliphatic rings. The van der Waals surface area contributed by atoms with Gasteiger partial charge in [0, 0.05) is 13.1 Å². The van der Waals surface area contributed by atoms with E-state index in [0.717, 1.165) is 19.3 Å². The zero-order valence-corrected chi connectivity index (χ0v) is 12.7. The number of hydrogen-bond donors (Lipinski definition) is 2. The first kappa shape index (κ1) is 15.8. The van der Waals surface area contributed by atoms with Crippen LogP contribution in [0.15, 0.2) is 0 Å². The van der Waals surface area contributed by atoms with E-state index in [9.17, 15) is 8.42 Å². The number of nitrogens with one attached hydrogen (secondary N) is 1. The molecule has 1 rings (SSSR count). The molecule has 5 nitrogen and oxygen atoms in total. The fourth-order valence-corrected chi connectivity index (χ4v) is 4.37. The highest BCUT2D eigenvalue weighted by Crippen LogP contribution is 2.20. The lowest BCUT2D eigenvalue weighted by Gasteiger charge is -2.35. The Labute approximate surface area is 115 Å². The smallest absolute Gasteiger partial charge is 0.280 e. The molecule has 0 radical (unpaired) electrons. The van der Waals surface area contributed by atoms with Gasteiger partial charge in [-0.3, -0.25) is 0 Å². The van der Waals surface area contributed by atoms with Crippen molar-refractivity contribution in [1.82, 2.24) is 9.03 Å². The zero-order valence-electron chi connectivity index (χ0n) is 11.1. The van der Waals surface area contributed by atoms with E-state index in [1.807, 2.05) is 13.8 Å². The van der Waals surface area contributed by atoms with Crippen LogP contribution < -0.4 is 10.5 Å². The average Bonchev–Trinajstić information content (AvgIpc) is 2.37. The largest absolute Gasteiger partial charge is 0.392 e. The number of nitrogens with two attached hydrogens (primary N) is 1. The van der Waals surface area contributed by atoms with E-state index in [1.54, 1.807) is 0 Å². The van der Waals surface area contributed by atoms with Crippen molar-refractivity contribution in [2.45, 2.75) is 51.5 Å². The van der Waals surface area contributed by atoms with Gasteiger partial charge >= 0.3 is 0 Å². The van der Waals surface area contributed by atoms with Gasteiger partial charge in [0.1, 0.15) is 0 Å². The van der Waals surface area contributed by atoms with Crippen LogP contribution in [0.5, 0.6) is 0 Å². The molecule has 1 saturated heterocycles. The second kappa shape index (κ2) is 6.27. The second-order valence-electron chi connectivity index (χ2n) is 4.72. The molecule has 0 aromatic rings. The van der Waals surface area contributed by atoms with Gasteiger partial charge in [-0.05, 0) is 25.7 Å². The lowest BCUT2D eigenvalue weighted by molar-refractivity contribution is 0.331. The van der Waals surface area contributed by atoms with Crippen LogP contribution in [0, 0.1) is 0 Å². The van der Waals surface area contributed by atoms with E-state index in [2.05, 4.69) is 4.72 Å². The van der Waals surface area contributed by atoms with Crippen molar-refractivity contribution in [2.75, 3.05) is 13.1 Å². The molecule has 0 saturated carbocycles. The minimum absolute atomic E-state index is 0.216. The Hall–Kier alpha value is -0.240. The molecule has 7 heteroatoms. The van der Waals surface area contributed by atoms with Gasteiger partial charge < -0.3 is 5.73 Å². The van der Waals surface area contributed by atoms with Crippen LogP contribution in [0.25, 0.3) is 0 Å². The zero-order chi connectivity index (χ0) is 13.8. The van der Waals surface area contributed by atoms with Crippen molar-refractivity contribution in [3.63, 3.8) is 0 Å². The lowest BCUT2D eigenvalue weighted by atomic mass is 9.94. The normalized spacial score (nSPS) is 18.8. The van der Waals surface area contributed by atoms with Crippen molar-refractivity contribution in [3.8, 4) is 0 Å². The standard InChI is InChI=1S/C11H23N3O2S2/c1-3-11(4-2,10(12)17)13-18(15,16)14-8-6-5-7-9-14/h13H,3-9H2,1-2H3,(H2,12,17). The van der Waals surface area contributed by atoms with Crippen LogP contribution in [0.1, 0.15) is 46.0 Å². The Bertz CT molecular complexity index is 385. The molecule has 0 atom stereocenters. The van der Waals surface area contributed by atoms with Gasteiger partial charge in [0.05, 0.1) is 10.5 Å². The van der Waals surface area contributed by atoms with Gasteiger partial charge in [0.25, 0.3) is 10.2 Å². The molecule has 0 unspecified atom stereocenters. The molecular weight excluding hydrogens is 270 g/mol. The Morgan fingerprint density at radius 3 is 2.17 bits per heavy atom. The Balaban J connectivity index is 2.88. The van der Waals surface area contributed by atoms with Gasteiger partial charge in [0.15, 0.2) is 0 Å². The highest BCUT2D eigenvalue weighted by Gasteiger charge is 2.37. The van der Waals surface area contributed by atoms with Crippen molar-refractivity contribution < 1.29 is 8.42 Å². The van der Waals surface area contributed by atoms with Gasteiger partial charge in [0.2, 0.25) is 0 Å². The number of nitrogens with zero attached hydrogens (tertiary/aromatic N) is 1. The summed E-state index contributed by atoms with van der Waals surface area (Å²) in [5.74, 6) is 0. The summed E-state index contributed by atoms with van der Waals surface area (Å²) >= 11 is 5.03. The summed E-state index contributed by atoms with van der Waals surface area (Å²) in [5.41, 5.74) is 4.92. The lowest BCUT2D eigenvalue weighted by Crippen LogP contribution is -2.59. The van der Waals surface area contributed by atoms with Gasteiger partial charge in [-0.25, -0.2) is 0 Å². The van der Waals surface area contributed by atoms with Crippen LogP contribution in [0.4, 0.5) is 0 Å². The Kier molecular flexibility index (Phi) is 5.51. The van der Waals surface area contributed by atoms with E-state index in [1.165, 1.54) is 4.31 Å². The maximum absolute atomic E-state index is 12.3. The Morgan fingerprint density at radius 1 is 1.28 bits per heavy atom. The van der Waals surface area contributed by atoms with Crippen molar-refractivity contribution in [3.05, 3.63) is 0 Å². The first-order valence-electron chi connectivity index (χ1n) is 6.47. The van der Waals surface area contributed by atoms with Crippen molar-refractivity contribution in [2.24, 2.45) is 5.73 Å². The molecule has 1 fully saturated rings. The number of piperidine rings is 1. The maximum Gasteiger partial charge on any atom is 0.280 e.